The molecule has 2 aromatic rings. The van der Waals surface area contributed by atoms with Crippen LogP contribution >= 0.6 is 22.6 Å². The van der Waals surface area contributed by atoms with Gasteiger partial charge < -0.3 is 15.3 Å². The van der Waals surface area contributed by atoms with E-state index in [1.807, 2.05) is 59.5 Å². The van der Waals surface area contributed by atoms with Crippen molar-refractivity contribution < 1.29 is 19.5 Å². The zero-order valence-electron chi connectivity index (χ0n) is 22.0. The van der Waals surface area contributed by atoms with E-state index in [1.165, 1.54) is 25.7 Å². The number of hydrogen-bond acceptors (Lipinski definition) is 3. The van der Waals surface area contributed by atoms with Crippen molar-refractivity contribution in [2.24, 2.45) is 0 Å². The molecule has 2 aromatic carbocycles. The van der Waals surface area contributed by atoms with Crippen molar-refractivity contribution in [3.05, 3.63) is 69.3 Å². The van der Waals surface area contributed by atoms with Crippen LogP contribution in [0.3, 0.4) is 0 Å². The molecule has 7 heteroatoms. The molecule has 2 rings (SSSR count). The second kappa shape index (κ2) is 17.9. The van der Waals surface area contributed by atoms with Crippen molar-refractivity contribution in [1.29, 1.82) is 0 Å². The number of amides is 2. The second-order valence-corrected chi connectivity index (χ2v) is 10.8. The SMILES string of the molecule is CCCCCCCCCC(=O)NC(CCCCN(Cc1ccccc1)C(=O)c1cccc(I)c1)C(=O)O. The Labute approximate surface area is 235 Å². The Morgan fingerprint density at radius 3 is 2.27 bits per heavy atom. The fraction of sp³-hybridized carbons (Fsp3) is 0.500. The van der Waals surface area contributed by atoms with Crippen LogP contribution < -0.4 is 5.32 Å². The van der Waals surface area contributed by atoms with Crippen LogP contribution in [0.2, 0.25) is 0 Å². The van der Waals surface area contributed by atoms with E-state index in [0.717, 1.165) is 28.4 Å². The van der Waals surface area contributed by atoms with Crippen LogP contribution in [0.1, 0.15) is 93.5 Å². The number of carboxylic acids is 1. The predicted octanol–water partition coefficient (Wildman–Crippen LogP) is 6.81. The highest BCUT2D eigenvalue weighted by molar-refractivity contribution is 14.1. The first-order valence-corrected chi connectivity index (χ1v) is 14.6. The van der Waals surface area contributed by atoms with E-state index in [1.54, 1.807) is 0 Å². The van der Waals surface area contributed by atoms with E-state index in [4.69, 9.17) is 0 Å². The largest absolute Gasteiger partial charge is 0.480 e. The quantitative estimate of drug-likeness (QED) is 0.142. The number of unbranched alkanes of at least 4 members (excludes halogenated alkanes) is 7. The molecule has 6 nitrogen and oxygen atoms in total. The normalized spacial score (nSPS) is 11.6. The van der Waals surface area contributed by atoms with Gasteiger partial charge in [0, 0.05) is 28.6 Å². The molecule has 0 fully saturated rings. The molecule has 0 aliphatic heterocycles. The van der Waals surface area contributed by atoms with E-state index >= 15 is 0 Å². The van der Waals surface area contributed by atoms with Crippen molar-refractivity contribution in [3.63, 3.8) is 0 Å². The number of carbonyl (C=O) groups excluding carboxylic acids is 2. The van der Waals surface area contributed by atoms with Gasteiger partial charge in [-0.05, 0) is 72.0 Å². The Morgan fingerprint density at radius 1 is 0.892 bits per heavy atom. The molecule has 37 heavy (non-hydrogen) atoms. The van der Waals surface area contributed by atoms with Crippen LogP contribution in [-0.2, 0) is 16.1 Å². The smallest absolute Gasteiger partial charge is 0.326 e. The molecule has 0 bridgehead atoms. The predicted molar refractivity (Wildman–Crippen MR) is 156 cm³/mol. The molecule has 0 spiro atoms. The van der Waals surface area contributed by atoms with Gasteiger partial charge in [-0.25, -0.2) is 4.79 Å². The molecule has 2 N–H and O–H groups in total. The third kappa shape index (κ3) is 12.6. The Morgan fingerprint density at radius 2 is 1.59 bits per heavy atom. The number of benzene rings is 2. The van der Waals surface area contributed by atoms with Crippen LogP contribution in [-0.4, -0.2) is 40.4 Å². The molecule has 1 atom stereocenters. The molecular weight excluding hydrogens is 579 g/mol. The van der Waals surface area contributed by atoms with Gasteiger partial charge in [0.05, 0.1) is 0 Å². The first kappa shape index (κ1) is 30.8. The summed E-state index contributed by atoms with van der Waals surface area (Å²) in [5.74, 6) is -1.25. The number of halogens is 1. The van der Waals surface area contributed by atoms with E-state index < -0.39 is 12.0 Å². The summed E-state index contributed by atoms with van der Waals surface area (Å²) in [5, 5.41) is 12.3. The summed E-state index contributed by atoms with van der Waals surface area (Å²) < 4.78 is 1.000. The molecule has 0 aromatic heterocycles. The summed E-state index contributed by atoms with van der Waals surface area (Å²) in [6.07, 6.45) is 9.78. The number of aliphatic carboxylic acids is 1. The van der Waals surface area contributed by atoms with Gasteiger partial charge in [-0.2, -0.15) is 0 Å². The standard InChI is InChI=1S/C30H41IN2O4/c1-2-3-4-5-6-7-11-20-28(34)32-27(30(36)37)19-12-13-21-33(23-24-15-9-8-10-16-24)29(35)25-17-14-18-26(31)22-25/h8-10,14-18,22,27H,2-7,11-13,19-21,23H2,1H3,(H,32,34)(H,36,37). The number of nitrogens with zero attached hydrogens (tertiary/aromatic N) is 1. The fourth-order valence-electron chi connectivity index (χ4n) is 4.28. The Kier molecular flexibility index (Phi) is 14.9. The average molecular weight is 621 g/mol. The highest BCUT2D eigenvalue weighted by Crippen LogP contribution is 2.15. The Hall–Kier alpha value is -2.42. The van der Waals surface area contributed by atoms with Gasteiger partial charge in [-0.15, -0.1) is 0 Å². The topological polar surface area (TPSA) is 86.7 Å². The number of nitrogens with one attached hydrogen (secondary N) is 1. The van der Waals surface area contributed by atoms with E-state index in [0.29, 0.717) is 44.3 Å². The van der Waals surface area contributed by atoms with Crippen LogP contribution in [0.4, 0.5) is 0 Å². The molecule has 0 aliphatic carbocycles. The third-order valence-corrected chi connectivity index (χ3v) is 7.06. The molecule has 202 valence electrons. The molecule has 0 heterocycles. The van der Waals surface area contributed by atoms with Gasteiger partial charge in [0.15, 0.2) is 0 Å². The minimum Gasteiger partial charge on any atom is -0.480 e. The fourth-order valence-corrected chi connectivity index (χ4v) is 4.82. The van der Waals surface area contributed by atoms with Gasteiger partial charge in [-0.3, -0.25) is 9.59 Å². The number of hydrogen-bond donors (Lipinski definition) is 2. The van der Waals surface area contributed by atoms with Gasteiger partial charge >= 0.3 is 5.97 Å². The lowest BCUT2D eigenvalue weighted by atomic mass is 10.1. The van der Waals surface area contributed by atoms with Crippen molar-refractivity contribution in [2.45, 2.75) is 90.1 Å². The maximum Gasteiger partial charge on any atom is 0.326 e. The average Bonchev–Trinajstić information content (AvgIpc) is 2.89. The summed E-state index contributed by atoms with van der Waals surface area (Å²) in [6, 6.07) is 16.5. The lowest BCUT2D eigenvalue weighted by Gasteiger charge is -2.24. The van der Waals surface area contributed by atoms with E-state index in [-0.39, 0.29) is 11.8 Å². The minimum absolute atomic E-state index is 0.0415. The summed E-state index contributed by atoms with van der Waals surface area (Å²) in [5.41, 5.74) is 1.69. The summed E-state index contributed by atoms with van der Waals surface area (Å²) in [6.45, 7) is 3.19. The van der Waals surface area contributed by atoms with Crippen LogP contribution in [0, 0.1) is 3.57 Å². The summed E-state index contributed by atoms with van der Waals surface area (Å²) in [4.78, 5) is 39.1. The third-order valence-electron chi connectivity index (χ3n) is 6.39. The van der Waals surface area contributed by atoms with Crippen molar-refractivity contribution in [2.75, 3.05) is 6.54 Å². The highest BCUT2D eigenvalue weighted by atomic mass is 127. The lowest BCUT2D eigenvalue weighted by molar-refractivity contribution is -0.142. The van der Waals surface area contributed by atoms with E-state index in [2.05, 4.69) is 34.8 Å². The zero-order valence-corrected chi connectivity index (χ0v) is 24.1. The second-order valence-electron chi connectivity index (χ2n) is 9.55. The summed E-state index contributed by atoms with van der Waals surface area (Å²) in [7, 11) is 0. The van der Waals surface area contributed by atoms with Crippen LogP contribution in [0.5, 0.6) is 0 Å². The van der Waals surface area contributed by atoms with Gasteiger partial charge in [0.1, 0.15) is 6.04 Å². The van der Waals surface area contributed by atoms with Crippen molar-refractivity contribution in [3.8, 4) is 0 Å². The Balaban J connectivity index is 1.83. The molecule has 0 radical (unpaired) electrons. The van der Waals surface area contributed by atoms with Gasteiger partial charge in [0.25, 0.3) is 5.91 Å². The van der Waals surface area contributed by atoms with Crippen molar-refractivity contribution >= 4 is 40.4 Å². The molecular formula is C30H41IN2O4. The molecule has 1 unspecified atom stereocenters. The van der Waals surface area contributed by atoms with Crippen molar-refractivity contribution in [1.82, 2.24) is 10.2 Å². The van der Waals surface area contributed by atoms with Crippen LogP contribution in [0.25, 0.3) is 0 Å². The Bertz CT molecular complexity index is 967. The highest BCUT2D eigenvalue weighted by Gasteiger charge is 2.20. The zero-order chi connectivity index (χ0) is 26.9. The molecule has 0 aliphatic rings. The van der Waals surface area contributed by atoms with Gasteiger partial charge in [0.2, 0.25) is 5.91 Å². The first-order chi connectivity index (χ1) is 17.9. The van der Waals surface area contributed by atoms with Crippen LogP contribution in [0.15, 0.2) is 54.6 Å². The van der Waals surface area contributed by atoms with Gasteiger partial charge in [-0.1, -0.05) is 81.8 Å². The minimum atomic E-state index is -1.01. The summed E-state index contributed by atoms with van der Waals surface area (Å²) >= 11 is 2.20. The number of carboxylic acid groups (broad SMARTS) is 1. The monoisotopic (exact) mass is 620 g/mol. The first-order valence-electron chi connectivity index (χ1n) is 13.5. The maximum atomic E-state index is 13.3. The number of carbonyl (C=O) groups is 3. The number of rotatable bonds is 18. The molecule has 2 amide bonds. The molecule has 0 saturated heterocycles. The lowest BCUT2D eigenvalue weighted by Crippen LogP contribution is -2.40. The maximum absolute atomic E-state index is 13.3. The molecule has 0 saturated carbocycles. The van der Waals surface area contributed by atoms with E-state index in [9.17, 15) is 19.5 Å².